The lowest BCUT2D eigenvalue weighted by Crippen LogP contribution is -2.07. The van der Waals surface area contributed by atoms with Crippen LogP contribution in [-0.4, -0.2) is 5.66 Å². The Hall–Kier alpha value is -0.350. The first-order chi connectivity index (χ1) is 8.45. The van der Waals surface area contributed by atoms with Gasteiger partial charge in [-0.1, -0.05) is 83.9 Å². The largest absolute Gasteiger partial charge is 0.0872 e. The van der Waals surface area contributed by atoms with Gasteiger partial charge in [-0.05, 0) is 23.8 Å². The van der Waals surface area contributed by atoms with Crippen LogP contribution in [0.25, 0.3) is 0 Å². The van der Waals surface area contributed by atoms with E-state index in [4.69, 9.17) is 0 Å². The van der Waals surface area contributed by atoms with E-state index < -0.39 is 0 Å². The van der Waals surface area contributed by atoms with Crippen LogP contribution in [0.2, 0.25) is 0 Å². The molecule has 0 aliphatic heterocycles. The third kappa shape index (κ3) is 5.21. The lowest BCUT2D eigenvalue weighted by atomic mass is 10.0. The molecule has 1 aliphatic rings. The maximum absolute atomic E-state index is 2.30. The van der Waals surface area contributed by atoms with E-state index in [1.165, 1.54) is 57.8 Å². The van der Waals surface area contributed by atoms with Crippen molar-refractivity contribution in [1.82, 2.24) is 0 Å². The standard InChI is InChI=1S/C16H25P/c1-2-4-7-11-15(12-8-5-3-1)17-16-13-9-6-10-14-16/h6,9-10,13-15,17H,1-5,7-8,11-12H2. The van der Waals surface area contributed by atoms with Crippen molar-refractivity contribution in [3.05, 3.63) is 30.3 Å². The van der Waals surface area contributed by atoms with Gasteiger partial charge in [0.05, 0.1) is 0 Å². The van der Waals surface area contributed by atoms with Crippen LogP contribution in [-0.2, 0) is 0 Å². The molecule has 1 saturated carbocycles. The first-order valence-corrected chi connectivity index (χ1v) is 8.34. The van der Waals surface area contributed by atoms with Crippen molar-refractivity contribution in [3.63, 3.8) is 0 Å². The average molecular weight is 248 g/mol. The molecule has 1 aromatic rings. The summed E-state index contributed by atoms with van der Waals surface area (Å²) >= 11 is 0. The minimum Gasteiger partial charge on any atom is -0.0872 e. The monoisotopic (exact) mass is 248 g/mol. The van der Waals surface area contributed by atoms with Gasteiger partial charge >= 0.3 is 0 Å². The number of hydrogen-bond donors (Lipinski definition) is 0. The van der Waals surface area contributed by atoms with Gasteiger partial charge in [0.25, 0.3) is 0 Å². The molecule has 0 N–H and O–H groups in total. The molecule has 0 nitrogen and oxygen atoms in total. The first kappa shape index (κ1) is 13.1. The van der Waals surface area contributed by atoms with Crippen molar-refractivity contribution < 1.29 is 0 Å². The topological polar surface area (TPSA) is 0 Å². The van der Waals surface area contributed by atoms with E-state index in [1.807, 2.05) is 0 Å². The second-order valence-corrected chi connectivity index (χ2v) is 6.94. The van der Waals surface area contributed by atoms with Gasteiger partial charge in [0.2, 0.25) is 0 Å². The van der Waals surface area contributed by atoms with Gasteiger partial charge in [0.1, 0.15) is 0 Å². The SMILES string of the molecule is c1ccc(PC2CCCCCCCCC2)cc1. The molecule has 17 heavy (non-hydrogen) atoms. The van der Waals surface area contributed by atoms with Crippen LogP contribution in [0.5, 0.6) is 0 Å². The zero-order chi connectivity index (χ0) is 11.8. The first-order valence-electron chi connectivity index (χ1n) is 7.27. The molecule has 0 spiro atoms. The Balaban J connectivity index is 1.83. The number of hydrogen-bond acceptors (Lipinski definition) is 0. The van der Waals surface area contributed by atoms with Crippen LogP contribution in [0.15, 0.2) is 30.3 Å². The second kappa shape index (κ2) is 7.88. The van der Waals surface area contributed by atoms with Crippen molar-refractivity contribution in [2.24, 2.45) is 0 Å². The van der Waals surface area contributed by atoms with E-state index >= 15 is 0 Å². The summed E-state index contributed by atoms with van der Waals surface area (Å²) in [5, 5.41) is 1.56. The summed E-state index contributed by atoms with van der Waals surface area (Å²) in [4.78, 5) is 0. The van der Waals surface area contributed by atoms with Crippen LogP contribution in [0.3, 0.4) is 0 Å². The molecule has 0 amide bonds. The zero-order valence-electron chi connectivity index (χ0n) is 10.8. The highest BCUT2D eigenvalue weighted by Crippen LogP contribution is 2.29. The molecule has 1 fully saturated rings. The van der Waals surface area contributed by atoms with Gasteiger partial charge in [-0.25, -0.2) is 0 Å². The van der Waals surface area contributed by atoms with Crippen molar-refractivity contribution in [2.45, 2.75) is 63.4 Å². The molecular formula is C16H25P. The molecule has 1 aromatic carbocycles. The van der Waals surface area contributed by atoms with Gasteiger partial charge in [-0.15, -0.1) is 0 Å². The second-order valence-electron chi connectivity index (χ2n) is 5.26. The summed E-state index contributed by atoms with van der Waals surface area (Å²) in [6.07, 6.45) is 13.2. The summed E-state index contributed by atoms with van der Waals surface area (Å²) in [7, 11) is 1.04. The van der Waals surface area contributed by atoms with Gasteiger partial charge < -0.3 is 0 Å². The highest BCUT2D eigenvalue weighted by Gasteiger charge is 2.10. The Morgan fingerprint density at radius 3 is 1.82 bits per heavy atom. The van der Waals surface area contributed by atoms with E-state index in [2.05, 4.69) is 30.3 Å². The lowest BCUT2D eigenvalue weighted by Gasteiger charge is -2.18. The molecule has 2 rings (SSSR count). The molecule has 0 bridgehead atoms. The molecular weight excluding hydrogens is 223 g/mol. The van der Waals surface area contributed by atoms with Crippen molar-refractivity contribution >= 4 is 13.9 Å². The van der Waals surface area contributed by atoms with E-state index in [0.29, 0.717) is 0 Å². The maximum atomic E-state index is 2.30. The summed E-state index contributed by atoms with van der Waals surface area (Å²) in [6.45, 7) is 0. The van der Waals surface area contributed by atoms with Gasteiger partial charge in [-0.3, -0.25) is 0 Å². The van der Waals surface area contributed by atoms with Crippen LogP contribution < -0.4 is 5.30 Å². The fraction of sp³-hybridized carbons (Fsp3) is 0.625. The molecule has 0 saturated heterocycles. The fourth-order valence-electron chi connectivity index (χ4n) is 2.72. The number of rotatable bonds is 2. The Kier molecular flexibility index (Phi) is 6.07. The highest BCUT2D eigenvalue weighted by atomic mass is 31.1. The van der Waals surface area contributed by atoms with Crippen molar-refractivity contribution in [3.8, 4) is 0 Å². The third-order valence-corrected chi connectivity index (χ3v) is 5.40. The zero-order valence-corrected chi connectivity index (χ0v) is 11.8. The van der Waals surface area contributed by atoms with Crippen LogP contribution >= 0.6 is 8.58 Å². The number of benzene rings is 1. The third-order valence-electron chi connectivity index (χ3n) is 3.75. The molecule has 0 aromatic heterocycles. The van der Waals surface area contributed by atoms with E-state index in [9.17, 15) is 0 Å². The van der Waals surface area contributed by atoms with Crippen LogP contribution in [0.1, 0.15) is 57.8 Å². The van der Waals surface area contributed by atoms with Crippen molar-refractivity contribution in [1.29, 1.82) is 0 Å². The van der Waals surface area contributed by atoms with Crippen LogP contribution in [0, 0.1) is 0 Å². The van der Waals surface area contributed by atoms with E-state index in [0.717, 1.165) is 14.2 Å². The average Bonchev–Trinajstić information content (AvgIpc) is 2.38. The summed E-state index contributed by atoms with van der Waals surface area (Å²) in [5.74, 6) is 0. The van der Waals surface area contributed by atoms with Gasteiger partial charge in [0.15, 0.2) is 0 Å². The van der Waals surface area contributed by atoms with Gasteiger partial charge in [-0.2, -0.15) is 0 Å². The predicted octanol–water partition coefficient (Wildman–Crippen LogP) is 4.88. The lowest BCUT2D eigenvalue weighted by molar-refractivity contribution is 0.510. The molecule has 0 radical (unpaired) electrons. The summed E-state index contributed by atoms with van der Waals surface area (Å²) in [5.41, 5.74) is 0.968. The van der Waals surface area contributed by atoms with E-state index in [1.54, 1.807) is 5.30 Å². The molecule has 1 heteroatoms. The Morgan fingerprint density at radius 1 is 0.706 bits per heavy atom. The molecule has 0 heterocycles. The summed E-state index contributed by atoms with van der Waals surface area (Å²) < 4.78 is 0. The fourth-order valence-corrected chi connectivity index (χ4v) is 4.28. The van der Waals surface area contributed by atoms with Gasteiger partial charge in [0, 0.05) is 0 Å². The Labute approximate surface area is 108 Å². The van der Waals surface area contributed by atoms with E-state index in [-0.39, 0.29) is 0 Å². The molecule has 1 atom stereocenters. The van der Waals surface area contributed by atoms with Crippen molar-refractivity contribution in [2.75, 3.05) is 0 Å². The quantitative estimate of drug-likeness (QED) is 0.654. The molecule has 1 aliphatic carbocycles. The maximum Gasteiger partial charge on any atom is -0.0196 e. The minimum absolute atomic E-state index is 0.968. The highest BCUT2D eigenvalue weighted by molar-refractivity contribution is 7.48. The predicted molar refractivity (Wildman–Crippen MR) is 79.7 cm³/mol. The molecule has 94 valence electrons. The molecule has 1 unspecified atom stereocenters. The Bertz CT molecular complexity index is 284. The smallest absolute Gasteiger partial charge is 0.0196 e. The normalized spacial score (nSPS) is 20.7. The van der Waals surface area contributed by atoms with Crippen LogP contribution in [0.4, 0.5) is 0 Å². The summed E-state index contributed by atoms with van der Waals surface area (Å²) in [6, 6.07) is 11.1. The minimum atomic E-state index is 0.968. The Morgan fingerprint density at radius 2 is 1.24 bits per heavy atom.